The van der Waals surface area contributed by atoms with Crippen LogP contribution in [0.2, 0.25) is 0 Å². The highest BCUT2D eigenvalue weighted by Crippen LogP contribution is 2.21. The predicted octanol–water partition coefficient (Wildman–Crippen LogP) is 4.16. The molecule has 0 unspecified atom stereocenters. The summed E-state index contributed by atoms with van der Waals surface area (Å²) < 4.78 is 12.9. The minimum Gasteiger partial charge on any atom is -0.344 e. The zero-order chi connectivity index (χ0) is 13.9. The van der Waals surface area contributed by atoms with Gasteiger partial charge in [-0.05, 0) is 36.4 Å². The van der Waals surface area contributed by atoms with Crippen LogP contribution in [0.1, 0.15) is 5.56 Å². The van der Waals surface area contributed by atoms with Gasteiger partial charge in [0.15, 0.2) is 0 Å². The van der Waals surface area contributed by atoms with Crippen molar-refractivity contribution < 1.29 is 4.39 Å². The van der Waals surface area contributed by atoms with Gasteiger partial charge in [-0.2, -0.15) is 0 Å². The van der Waals surface area contributed by atoms with E-state index in [-0.39, 0.29) is 5.82 Å². The molecule has 0 radical (unpaired) electrons. The number of anilines is 1. The molecule has 1 heterocycles. The standard InChI is InChI=1S/C16H11FN2S/c17-13-8-6-12(7-9-13)16(20)19-14-5-1-3-11-4-2-10-18-15(11)14/h1-10H,(H,19,20). The Kier molecular flexibility index (Phi) is 3.39. The van der Waals surface area contributed by atoms with E-state index in [1.807, 2.05) is 30.3 Å². The van der Waals surface area contributed by atoms with Gasteiger partial charge in [-0.25, -0.2) is 4.39 Å². The summed E-state index contributed by atoms with van der Waals surface area (Å²) in [6.07, 6.45) is 1.74. The molecule has 2 nitrogen and oxygen atoms in total. The number of rotatable bonds is 2. The van der Waals surface area contributed by atoms with Crippen molar-refractivity contribution in [3.05, 3.63) is 72.2 Å². The maximum absolute atomic E-state index is 12.9. The summed E-state index contributed by atoms with van der Waals surface area (Å²) in [5.74, 6) is -0.275. The molecule has 0 saturated heterocycles. The SMILES string of the molecule is Fc1ccc(C(=S)Nc2cccc3cccnc23)cc1. The molecule has 0 amide bonds. The topological polar surface area (TPSA) is 24.9 Å². The van der Waals surface area contributed by atoms with E-state index in [1.165, 1.54) is 12.1 Å². The van der Waals surface area contributed by atoms with Crippen molar-refractivity contribution in [1.29, 1.82) is 0 Å². The molecule has 1 aromatic heterocycles. The van der Waals surface area contributed by atoms with E-state index in [4.69, 9.17) is 12.2 Å². The fourth-order valence-corrected chi connectivity index (χ4v) is 2.25. The molecule has 1 N–H and O–H groups in total. The zero-order valence-electron chi connectivity index (χ0n) is 10.5. The Morgan fingerprint density at radius 1 is 1.00 bits per heavy atom. The summed E-state index contributed by atoms with van der Waals surface area (Å²) in [6.45, 7) is 0. The molecule has 4 heteroatoms. The van der Waals surface area contributed by atoms with Crippen LogP contribution in [0.4, 0.5) is 10.1 Å². The zero-order valence-corrected chi connectivity index (χ0v) is 11.3. The molecule has 0 bridgehead atoms. The number of nitrogens with zero attached hydrogens (tertiary/aromatic N) is 1. The van der Waals surface area contributed by atoms with E-state index in [9.17, 15) is 4.39 Å². The van der Waals surface area contributed by atoms with Gasteiger partial charge in [0.2, 0.25) is 0 Å². The van der Waals surface area contributed by atoms with Crippen LogP contribution in [-0.2, 0) is 0 Å². The van der Waals surface area contributed by atoms with Crippen molar-refractivity contribution in [3.8, 4) is 0 Å². The molecule has 3 rings (SSSR count). The summed E-state index contributed by atoms with van der Waals surface area (Å²) >= 11 is 5.35. The summed E-state index contributed by atoms with van der Waals surface area (Å²) in [4.78, 5) is 4.90. The van der Waals surface area contributed by atoms with Crippen LogP contribution in [0.3, 0.4) is 0 Å². The number of thiocarbonyl (C=S) groups is 1. The Hall–Kier alpha value is -2.33. The number of nitrogens with one attached hydrogen (secondary N) is 1. The lowest BCUT2D eigenvalue weighted by Crippen LogP contribution is -2.11. The van der Waals surface area contributed by atoms with Crippen molar-refractivity contribution in [1.82, 2.24) is 4.98 Å². The van der Waals surface area contributed by atoms with E-state index >= 15 is 0 Å². The Labute approximate surface area is 121 Å². The third-order valence-electron chi connectivity index (χ3n) is 2.99. The monoisotopic (exact) mass is 282 g/mol. The number of hydrogen-bond donors (Lipinski definition) is 1. The number of hydrogen-bond acceptors (Lipinski definition) is 2. The summed E-state index contributed by atoms with van der Waals surface area (Å²) in [5.41, 5.74) is 2.48. The Morgan fingerprint density at radius 2 is 1.75 bits per heavy atom. The number of para-hydroxylation sites is 1. The van der Waals surface area contributed by atoms with Gasteiger partial charge in [0.1, 0.15) is 10.8 Å². The van der Waals surface area contributed by atoms with Gasteiger partial charge in [0.25, 0.3) is 0 Å². The van der Waals surface area contributed by atoms with Crippen LogP contribution in [-0.4, -0.2) is 9.97 Å². The van der Waals surface area contributed by atoms with E-state index in [2.05, 4.69) is 10.3 Å². The first-order valence-corrected chi connectivity index (χ1v) is 6.55. The average Bonchev–Trinajstić information content (AvgIpc) is 2.48. The molecule has 3 aromatic rings. The lowest BCUT2D eigenvalue weighted by molar-refractivity contribution is 0.628. The first-order chi connectivity index (χ1) is 9.74. The number of pyridine rings is 1. The Balaban J connectivity index is 1.93. The Bertz CT molecular complexity index is 764. The summed E-state index contributed by atoms with van der Waals surface area (Å²) in [7, 11) is 0. The molecule has 0 aliphatic carbocycles. The molecule has 0 fully saturated rings. The lowest BCUT2D eigenvalue weighted by atomic mass is 10.1. The van der Waals surface area contributed by atoms with Crippen molar-refractivity contribution >= 4 is 33.8 Å². The smallest absolute Gasteiger partial charge is 0.123 e. The quantitative estimate of drug-likeness (QED) is 0.714. The van der Waals surface area contributed by atoms with Gasteiger partial charge in [-0.15, -0.1) is 0 Å². The number of fused-ring (bicyclic) bond motifs is 1. The number of halogens is 1. The first-order valence-electron chi connectivity index (χ1n) is 6.15. The molecular weight excluding hydrogens is 271 g/mol. The average molecular weight is 282 g/mol. The molecule has 0 aliphatic heterocycles. The molecule has 98 valence electrons. The summed E-state index contributed by atoms with van der Waals surface area (Å²) in [5, 5.41) is 4.21. The molecule has 20 heavy (non-hydrogen) atoms. The second-order valence-corrected chi connectivity index (χ2v) is 4.75. The van der Waals surface area contributed by atoms with Crippen LogP contribution in [0.25, 0.3) is 10.9 Å². The predicted molar refractivity (Wildman–Crippen MR) is 83.5 cm³/mol. The van der Waals surface area contributed by atoms with E-state index in [0.29, 0.717) is 4.99 Å². The first kappa shape index (κ1) is 12.7. The minimum atomic E-state index is -0.275. The van der Waals surface area contributed by atoms with E-state index < -0.39 is 0 Å². The van der Waals surface area contributed by atoms with Gasteiger partial charge >= 0.3 is 0 Å². The van der Waals surface area contributed by atoms with Gasteiger partial charge < -0.3 is 5.32 Å². The Morgan fingerprint density at radius 3 is 2.55 bits per heavy atom. The second kappa shape index (κ2) is 5.35. The van der Waals surface area contributed by atoms with E-state index in [0.717, 1.165) is 22.2 Å². The molecule has 0 spiro atoms. The normalized spacial score (nSPS) is 10.4. The van der Waals surface area contributed by atoms with Crippen molar-refractivity contribution in [2.75, 3.05) is 5.32 Å². The van der Waals surface area contributed by atoms with Crippen molar-refractivity contribution in [3.63, 3.8) is 0 Å². The maximum atomic E-state index is 12.9. The van der Waals surface area contributed by atoms with Gasteiger partial charge in [0, 0.05) is 17.1 Å². The highest BCUT2D eigenvalue weighted by molar-refractivity contribution is 7.81. The van der Waals surface area contributed by atoms with Crippen LogP contribution in [0, 0.1) is 5.82 Å². The minimum absolute atomic E-state index is 0.275. The van der Waals surface area contributed by atoms with Crippen LogP contribution in [0.15, 0.2) is 60.8 Å². The molecule has 0 aliphatic rings. The molecule has 0 atom stereocenters. The third kappa shape index (κ3) is 2.51. The molecule has 0 saturated carbocycles. The van der Waals surface area contributed by atoms with Crippen LogP contribution in [0.5, 0.6) is 0 Å². The number of aromatic nitrogens is 1. The van der Waals surface area contributed by atoms with Gasteiger partial charge in [0.05, 0.1) is 11.2 Å². The van der Waals surface area contributed by atoms with Crippen LogP contribution < -0.4 is 5.32 Å². The van der Waals surface area contributed by atoms with Gasteiger partial charge in [-0.3, -0.25) is 4.98 Å². The highest BCUT2D eigenvalue weighted by atomic mass is 32.1. The van der Waals surface area contributed by atoms with Crippen molar-refractivity contribution in [2.45, 2.75) is 0 Å². The second-order valence-electron chi connectivity index (χ2n) is 4.34. The largest absolute Gasteiger partial charge is 0.344 e. The fourth-order valence-electron chi connectivity index (χ4n) is 2.00. The van der Waals surface area contributed by atoms with E-state index in [1.54, 1.807) is 18.3 Å². The summed E-state index contributed by atoms with van der Waals surface area (Å²) in [6, 6.07) is 15.8. The third-order valence-corrected chi connectivity index (χ3v) is 3.33. The maximum Gasteiger partial charge on any atom is 0.123 e. The molecule has 2 aromatic carbocycles. The van der Waals surface area contributed by atoms with Crippen molar-refractivity contribution in [2.24, 2.45) is 0 Å². The number of benzene rings is 2. The van der Waals surface area contributed by atoms with Gasteiger partial charge in [-0.1, -0.05) is 30.4 Å². The highest BCUT2D eigenvalue weighted by Gasteiger charge is 2.05. The van der Waals surface area contributed by atoms with Crippen LogP contribution >= 0.6 is 12.2 Å². The lowest BCUT2D eigenvalue weighted by Gasteiger charge is -2.10. The molecular formula is C16H11FN2S. The fraction of sp³-hybridized carbons (Fsp3) is 0.